The first-order chi connectivity index (χ1) is 16.7. The summed E-state index contributed by atoms with van der Waals surface area (Å²) in [5.74, 6) is 0.514. The van der Waals surface area contributed by atoms with Crippen molar-refractivity contribution in [2.45, 2.75) is 44.9 Å². The van der Waals surface area contributed by atoms with E-state index in [2.05, 4.69) is 34.7 Å². The molecule has 0 bridgehead atoms. The van der Waals surface area contributed by atoms with Gasteiger partial charge in [-0.05, 0) is 49.6 Å². The molecule has 0 spiro atoms. The SMILES string of the molecule is CCn1c(SCC(=O)Nc2ccc(Cl)cc2Cl)nnc1[C@H](CC(C)C)NC(=O)c1ccccc1Cl. The number of rotatable bonds is 10. The van der Waals surface area contributed by atoms with Crippen LogP contribution < -0.4 is 10.6 Å². The highest BCUT2D eigenvalue weighted by molar-refractivity contribution is 7.99. The molecule has 0 saturated heterocycles. The van der Waals surface area contributed by atoms with E-state index in [1.54, 1.807) is 42.5 Å². The molecule has 0 unspecified atom stereocenters. The number of benzene rings is 2. The average Bonchev–Trinajstić information content (AvgIpc) is 3.22. The molecule has 0 aliphatic carbocycles. The lowest BCUT2D eigenvalue weighted by atomic mass is 10.0. The van der Waals surface area contributed by atoms with Gasteiger partial charge in [0.1, 0.15) is 0 Å². The number of carbonyl (C=O) groups is 2. The van der Waals surface area contributed by atoms with Crippen molar-refractivity contribution in [3.8, 4) is 0 Å². The summed E-state index contributed by atoms with van der Waals surface area (Å²) in [6.45, 7) is 6.69. The molecule has 3 rings (SSSR count). The van der Waals surface area contributed by atoms with E-state index in [4.69, 9.17) is 34.8 Å². The zero-order valence-electron chi connectivity index (χ0n) is 19.5. The lowest BCUT2D eigenvalue weighted by molar-refractivity contribution is -0.113. The largest absolute Gasteiger partial charge is 0.342 e. The maximum absolute atomic E-state index is 12.9. The summed E-state index contributed by atoms with van der Waals surface area (Å²) < 4.78 is 1.91. The van der Waals surface area contributed by atoms with Gasteiger partial charge in [0.05, 0.1) is 33.1 Å². The second kappa shape index (κ2) is 12.6. The summed E-state index contributed by atoms with van der Waals surface area (Å²) in [6.07, 6.45) is 0.661. The summed E-state index contributed by atoms with van der Waals surface area (Å²) in [7, 11) is 0. The Morgan fingerprint density at radius 3 is 2.46 bits per heavy atom. The van der Waals surface area contributed by atoms with Crippen molar-refractivity contribution in [3.05, 3.63) is 68.9 Å². The zero-order valence-corrected chi connectivity index (χ0v) is 22.6. The van der Waals surface area contributed by atoms with Gasteiger partial charge in [0.2, 0.25) is 5.91 Å². The molecule has 1 atom stereocenters. The maximum atomic E-state index is 12.9. The number of halogens is 3. The van der Waals surface area contributed by atoms with E-state index >= 15 is 0 Å². The van der Waals surface area contributed by atoms with Crippen LogP contribution >= 0.6 is 46.6 Å². The minimum atomic E-state index is -0.373. The van der Waals surface area contributed by atoms with Gasteiger partial charge >= 0.3 is 0 Å². The number of nitrogens with zero attached hydrogens (tertiary/aromatic N) is 3. The van der Waals surface area contributed by atoms with Crippen molar-refractivity contribution in [1.82, 2.24) is 20.1 Å². The van der Waals surface area contributed by atoms with Gasteiger partial charge in [-0.25, -0.2) is 0 Å². The van der Waals surface area contributed by atoms with Gasteiger partial charge in [-0.2, -0.15) is 0 Å². The van der Waals surface area contributed by atoms with Crippen LogP contribution in [0, 0.1) is 5.92 Å². The summed E-state index contributed by atoms with van der Waals surface area (Å²) in [4.78, 5) is 25.4. The fourth-order valence-corrected chi connectivity index (χ4v) is 4.94. The summed E-state index contributed by atoms with van der Waals surface area (Å²) >= 11 is 19.5. The number of thioether (sulfide) groups is 1. The normalized spacial score (nSPS) is 12.0. The van der Waals surface area contributed by atoms with Crippen molar-refractivity contribution in [1.29, 1.82) is 0 Å². The Labute approximate surface area is 223 Å². The Morgan fingerprint density at radius 1 is 1.06 bits per heavy atom. The monoisotopic (exact) mass is 553 g/mol. The van der Waals surface area contributed by atoms with Gasteiger partial charge in [-0.1, -0.05) is 72.5 Å². The first-order valence-corrected chi connectivity index (χ1v) is 13.2. The predicted molar refractivity (Wildman–Crippen MR) is 143 cm³/mol. The second-order valence-corrected chi connectivity index (χ2v) is 10.4. The highest BCUT2D eigenvalue weighted by Crippen LogP contribution is 2.28. The molecule has 3 aromatic rings. The fraction of sp³-hybridized carbons (Fsp3) is 0.333. The molecule has 0 aliphatic heterocycles. The number of amides is 2. The maximum Gasteiger partial charge on any atom is 0.253 e. The molecule has 0 aliphatic rings. The number of nitrogens with one attached hydrogen (secondary N) is 2. The summed E-state index contributed by atoms with van der Waals surface area (Å²) in [5.41, 5.74) is 0.885. The summed E-state index contributed by atoms with van der Waals surface area (Å²) in [6, 6.07) is 11.4. The van der Waals surface area contributed by atoms with Gasteiger partial charge in [-0.3, -0.25) is 9.59 Å². The molecule has 2 aromatic carbocycles. The lowest BCUT2D eigenvalue weighted by Crippen LogP contribution is -2.31. The third kappa shape index (κ3) is 7.36. The van der Waals surface area contributed by atoms with E-state index in [1.165, 1.54) is 11.8 Å². The second-order valence-electron chi connectivity index (χ2n) is 8.18. The first-order valence-electron chi connectivity index (χ1n) is 11.1. The van der Waals surface area contributed by atoms with E-state index in [0.29, 0.717) is 56.2 Å². The average molecular weight is 555 g/mol. The van der Waals surface area contributed by atoms with Crippen LogP contribution in [0.2, 0.25) is 15.1 Å². The molecular weight excluding hydrogens is 529 g/mol. The molecule has 1 heterocycles. The Bertz CT molecular complexity index is 1200. The number of anilines is 1. The van der Waals surface area contributed by atoms with Gasteiger partial charge in [0.25, 0.3) is 5.91 Å². The van der Waals surface area contributed by atoms with E-state index in [9.17, 15) is 9.59 Å². The van der Waals surface area contributed by atoms with Gasteiger partial charge < -0.3 is 15.2 Å². The van der Waals surface area contributed by atoms with Crippen LogP contribution in [0.5, 0.6) is 0 Å². The predicted octanol–water partition coefficient (Wildman–Crippen LogP) is 6.51. The van der Waals surface area contributed by atoms with Gasteiger partial charge in [0.15, 0.2) is 11.0 Å². The van der Waals surface area contributed by atoms with E-state index < -0.39 is 0 Å². The Hall–Kier alpha value is -2.26. The van der Waals surface area contributed by atoms with Crippen LogP contribution in [0.25, 0.3) is 0 Å². The number of hydrogen-bond donors (Lipinski definition) is 2. The van der Waals surface area contributed by atoms with E-state index in [-0.39, 0.29) is 23.6 Å². The molecule has 2 amide bonds. The lowest BCUT2D eigenvalue weighted by Gasteiger charge is -2.21. The van der Waals surface area contributed by atoms with E-state index in [1.807, 2.05) is 11.5 Å². The van der Waals surface area contributed by atoms with Crippen LogP contribution in [0.1, 0.15) is 49.4 Å². The van der Waals surface area contributed by atoms with Crippen molar-refractivity contribution < 1.29 is 9.59 Å². The van der Waals surface area contributed by atoms with Crippen LogP contribution in [-0.4, -0.2) is 32.3 Å². The minimum Gasteiger partial charge on any atom is -0.342 e. The Morgan fingerprint density at radius 2 is 1.80 bits per heavy atom. The molecule has 2 N–H and O–H groups in total. The fourth-order valence-electron chi connectivity index (χ4n) is 3.45. The number of carbonyl (C=O) groups excluding carboxylic acids is 2. The van der Waals surface area contributed by atoms with Gasteiger partial charge in [-0.15, -0.1) is 10.2 Å². The van der Waals surface area contributed by atoms with Crippen LogP contribution in [-0.2, 0) is 11.3 Å². The molecule has 0 saturated carbocycles. The highest BCUT2D eigenvalue weighted by Gasteiger charge is 2.25. The quantitative estimate of drug-likeness (QED) is 0.279. The van der Waals surface area contributed by atoms with Gasteiger partial charge in [0, 0.05) is 11.6 Å². The summed E-state index contributed by atoms with van der Waals surface area (Å²) in [5, 5.41) is 16.3. The van der Waals surface area contributed by atoms with Crippen LogP contribution in [0.15, 0.2) is 47.6 Å². The first kappa shape index (κ1) is 27.3. The third-order valence-electron chi connectivity index (χ3n) is 5.04. The molecule has 1 aromatic heterocycles. The van der Waals surface area contributed by atoms with Crippen molar-refractivity contribution in [2.75, 3.05) is 11.1 Å². The highest BCUT2D eigenvalue weighted by atomic mass is 35.5. The molecule has 186 valence electrons. The molecule has 11 heteroatoms. The number of hydrogen-bond acceptors (Lipinski definition) is 5. The number of aromatic nitrogens is 3. The van der Waals surface area contributed by atoms with Crippen molar-refractivity contribution >= 4 is 64.1 Å². The minimum absolute atomic E-state index is 0.109. The Kier molecular flexibility index (Phi) is 9.86. The third-order valence-corrected chi connectivity index (χ3v) is 6.89. The van der Waals surface area contributed by atoms with Crippen LogP contribution in [0.4, 0.5) is 5.69 Å². The molecule has 0 radical (unpaired) electrons. The van der Waals surface area contributed by atoms with Crippen molar-refractivity contribution in [3.63, 3.8) is 0 Å². The zero-order chi connectivity index (χ0) is 25.5. The molecule has 0 fully saturated rings. The smallest absolute Gasteiger partial charge is 0.253 e. The van der Waals surface area contributed by atoms with Crippen LogP contribution in [0.3, 0.4) is 0 Å². The Balaban J connectivity index is 1.74. The molecular formula is C24H26Cl3N5O2S. The van der Waals surface area contributed by atoms with Crippen molar-refractivity contribution in [2.24, 2.45) is 5.92 Å². The topological polar surface area (TPSA) is 88.9 Å². The molecule has 35 heavy (non-hydrogen) atoms. The standard InChI is InChI=1S/C24H26Cl3N5O2S/c1-4-32-22(20(11-14(2)3)29-23(34)16-7-5-6-8-17(16)26)30-31-24(32)35-13-21(33)28-19-10-9-15(25)12-18(19)27/h5-10,12,14,20H,4,11,13H2,1-3H3,(H,28,33)(H,29,34)/t20-/m0/s1. The molecule has 7 nitrogen and oxygen atoms in total. The van der Waals surface area contributed by atoms with E-state index in [0.717, 1.165) is 0 Å².